The van der Waals surface area contributed by atoms with Crippen LogP contribution in [0.4, 0.5) is 0 Å². The highest BCUT2D eigenvalue weighted by Crippen LogP contribution is 2.43. The van der Waals surface area contributed by atoms with Crippen molar-refractivity contribution >= 4 is 0 Å². The van der Waals surface area contributed by atoms with Crippen molar-refractivity contribution < 1.29 is 0 Å². The van der Waals surface area contributed by atoms with Gasteiger partial charge in [-0.05, 0) is 0 Å². The highest BCUT2D eigenvalue weighted by atomic mass is 15.2. The first-order valence-corrected chi connectivity index (χ1v) is 18.6. The zero-order valence-corrected chi connectivity index (χ0v) is 31.1. The second kappa shape index (κ2) is 14.4. The molecule has 0 spiro atoms. The van der Waals surface area contributed by atoms with Crippen LogP contribution in [0.25, 0.3) is 67.5 Å². The van der Waals surface area contributed by atoms with Crippen molar-refractivity contribution in [1.29, 1.82) is 0 Å². The van der Waals surface area contributed by atoms with Crippen LogP contribution in [-0.4, -0.2) is 28.7 Å². The van der Waals surface area contributed by atoms with Crippen LogP contribution in [0.1, 0.15) is 23.4 Å². The smallest absolute Gasteiger partial charge is 0.133 e. The molecular weight excluding hydrogens is 673 g/mol. The Labute approximate surface area is 321 Å². The van der Waals surface area contributed by atoms with E-state index in [1.54, 1.807) is 0 Å². The van der Waals surface area contributed by atoms with E-state index in [9.17, 15) is 0 Å². The molecule has 0 amide bonds. The lowest BCUT2D eigenvalue weighted by Crippen LogP contribution is -2.18. The fourth-order valence-corrected chi connectivity index (χ4v) is 7.84. The molecule has 6 nitrogen and oxygen atoms in total. The number of imidazole rings is 3. The first-order chi connectivity index (χ1) is 27.1. The maximum Gasteiger partial charge on any atom is 0.133 e. The van der Waals surface area contributed by atoms with Crippen molar-refractivity contribution in [3.05, 3.63) is 199 Å². The Kier molecular flexibility index (Phi) is 8.84. The number of hydrogen-bond acceptors (Lipinski definition) is 3. The van der Waals surface area contributed by atoms with Crippen LogP contribution in [0.3, 0.4) is 0 Å². The van der Waals surface area contributed by atoms with E-state index < -0.39 is 5.92 Å². The van der Waals surface area contributed by atoms with E-state index >= 15 is 0 Å². The molecule has 0 aliphatic heterocycles. The summed E-state index contributed by atoms with van der Waals surface area (Å²) < 4.78 is 6.75. The molecule has 266 valence electrons. The Morgan fingerprint density at radius 1 is 0.291 bits per heavy atom. The Morgan fingerprint density at radius 3 is 0.709 bits per heavy atom. The van der Waals surface area contributed by atoms with Gasteiger partial charge in [0.25, 0.3) is 0 Å². The van der Waals surface area contributed by atoms with Crippen molar-refractivity contribution in [2.24, 2.45) is 21.1 Å². The van der Waals surface area contributed by atoms with Gasteiger partial charge in [0.2, 0.25) is 0 Å². The van der Waals surface area contributed by atoms with Gasteiger partial charge in [0, 0.05) is 54.5 Å². The van der Waals surface area contributed by atoms with Crippen molar-refractivity contribution in [2.45, 2.75) is 5.92 Å². The summed E-state index contributed by atoms with van der Waals surface area (Å²) in [5.74, 6) is 2.06. The summed E-state index contributed by atoms with van der Waals surface area (Å²) in [6.07, 6.45) is 0. The molecule has 9 aromatic rings. The average molecular weight is 713 g/mol. The van der Waals surface area contributed by atoms with Gasteiger partial charge < -0.3 is 13.7 Å². The zero-order valence-electron chi connectivity index (χ0n) is 31.1. The SMILES string of the molecule is Cn1c(C(c2nc(-c3ccccc3)c(-c3ccccc3)n2C)c2nc(-c3ccccc3)c(-c3ccccc3)n2C)nc(-c2ccccc2)c1-c1ccccc1. The molecular formula is C49H40N6. The number of hydrogen-bond donors (Lipinski definition) is 0. The summed E-state index contributed by atoms with van der Waals surface area (Å²) in [7, 11) is 6.38. The first kappa shape index (κ1) is 33.8. The monoisotopic (exact) mass is 712 g/mol. The molecule has 6 aromatic carbocycles. The minimum absolute atomic E-state index is 0.472. The number of nitrogens with zero attached hydrogens (tertiary/aromatic N) is 6. The van der Waals surface area contributed by atoms with Gasteiger partial charge in [-0.2, -0.15) is 0 Å². The summed E-state index contributed by atoms with van der Waals surface area (Å²) in [6, 6.07) is 63.0. The Bertz CT molecular complexity index is 2390. The lowest BCUT2D eigenvalue weighted by atomic mass is 10.0. The molecule has 0 aliphatic carbocycles. The minimum Gasteiger partial charge on any atom is -0.330 e. The molecule has 0 radical (unpaired) electrons. The van der Waals surface area contributed by atoms with E-state index in [2.05, 4.69) is 199 Å². The highest BCUT2D eigenvalue weighted by Gasteiger charge is 2.36. The fourth-order valence-electron chi connectivity index (χ4n) is 7.84. The number of rotatable bonds is 9. The summed E-state index contributed by atoms with van der Waals surface area (Å²) in [5.41, 5.74) is 12.3. The Hall–Kier alpha value is -7.05. The fraction of sp³-hybridized carbons (Fsp3) is 0.0816. The molecule has 6 heteroatoms. The highest BCUT2D eigenvalue weighted by molar-refractivity contribution is 5.82. The predicted molar refractivity (Wildman–Crippen MR) is 223 cm³/mol. The lowest BCUT2D eigenvalue weighted by molar-refractivity contribution is 0.645. The van der Waals surface area contributed by atoms with Crippen molar-refractivity contribution in [2.75, 3.05) is 0 Å². The molecule has 0 atom stereocenters. The van der Waals surface area contributed by atoms with E-state index in [1.807, 2.05) is 18.2 Å². The van der Waals surface area contributed by atoms with Gasteiger partial charge in [0.05, 0.1) is 34.2 Å². The zero-order chi connectivity index (χ0) is 37.3. The molecule has 3 heterocycles. The van der Waals surface area contributed by atoms with E-state index in [4.69, 9.17) is 15.0 Å². The lowest BCUT2D eigenvalue weighted by Gasteiger charge is -2.19. The maximum atomic E-state index is 5.62. The van der Waals surface area contributed by atoms with Crippen LogP contribution in [0, 0.1) is 0 Å². The van der Waals surface area contributed by atoms with Crippen LogP contribution in [0.2, 0.25) is 0 Å². The van der Waals surface area contributed by atoms with E-state index in [-0.39, 0.29) is 0 Å². The van der Waals surface area contributed by atoms with Crippen molar-refractivity contribution in [3.63, 3.8) is 0 Å². The summed E-state index contributed by atoms with van der Waals surface area (Å²) in [4.78, 5) is 16.9. The molecule has 0 bridgehead atoms. The van der Waals surface area contributed by atoms with E-state index in [0.29, 0.717) is 0 Å². The van der Waals surface area contributed by atoms with E-state index in [0.717, 1.165) is 85.0 Å². The molecule has 0 fully saturated rings. The molecule has 0 saturated carbocycles. The average Bonchev–Trinajstić information content (AvgIpc) is 3.90. The van der Waals surface area contributed by atoms with Gasteiger partial charge in [0.1, 0.15) is 23.4 Å². The summed E-state index contributed by atoms with van der Waals surface area (Å²) in [6.45, 7) is 0. The molecule has 55 heavy (non-hydrogen) atoms. The van der Waals surface area contributed by atoms with Gasteiger partial charge in [-0.3, -0.25) is 0 Å². The standard InChI is InChI=1S/C49H40N6/c1-53-44(37-28-16-7-17-29-37)41(34-22-10-4-11-23-34)50-47(53)40(48-51-42(35-24-12-5-13-25-35)45(54(48)2)38-30-18-8-19-31-38)49-52-43(36-26-14-6-15-27-36)46(55(49)3)39-32-20-9-21-33-39/h4-33,40H,1-3H3. The van der Waals surface area contributed by atoms with Crippen LogP contribution < -0.4 is 0 Å². The van der Waals surface area contributed by atoms with Gasteiger partial charge >= 0.3 is 0 Å². The van der Waals surface area contributed by atoms with Crippen LogP contribution in [-0.2, 0) is 21.1 Å². The first-order valence-electron chi connectivity index (χ1n) is 18.6. The second-order valence-electron chi connectivity index (χ2n) is 13.8. The molecule has 0 N–H and O–H groups in total. The minimum atomic E-state index is -0.472. The number of benzene rings is 6. The second-order valence-corrected chi connectivity index (χ2v) is 13.8. The molecule has 9 rings (SSSR count). The Balaban J connectivity index is 1.39. The molecule has 0 unspecified atom stereocenters. The topological polar surface area (TPSA) is 53.5 Å². The normalized spacial score (nSPS) is 11.3. The molecule has 3 aromatic heterocycles. The maximum absolute atomic E-state index is 5.62. The van der Waals surface area contributed by atoms with Crippen molar-refractivity contribution in [3.8, 4) is 67.5 Å². The third-order valence-electron chi connectivity index (χ3n) is 10.4. The largest absolute Gasteiger partial charge is 0.330 e. The van der Waals surface area contributed by atoms with Crippen LogP contribution in [0.15, 0.2) is 182 Å². The summed E-state index contributed by atoms with van der Waals surface area (Å²) >= 11 is 0. The molecule has 0 aliphatic rings. The van der Waals surface area contributed by atoms with E-state index in [1.165, 1.54) is 0 Å². The third kappa shape index (κ3) is 6.08. The van der Waals surface area contributed by atoms with Crippen molar-refractivity contribution in [1.82, 2.24) is 28.7 Å². The summed E-state index contributed by atoms with van der Waals surface area (Å²) in [5, 5.41) is 0. The number of aromatic nitrogens is 6. The van der Waals surface area contributed by atoms with Crippen LogP contribution >= 0.6 is 0 Å². The third-order valence-corrected chi connectivity index (χ3v) is 10.4. The van der Waals surface area contributed by atoms with Gasteiger partial charge in [-0.15, -0.1) is 0 Å². The van der Waals surface area contributed by atoms with Crippen LogP contribution in [0.5, 0.6) is 0 Å². The predicted octanol–water partition coefficient (Wildman–Crippen LogP) is 11.1. The van der Waals surface area contributed by atoms with Gasteiger partial charge in [-0.1, -0.05) is 182 Å². The quantitative estimate of drug-likeness (QED) is 0.150. The Morgan fingerprint density at radius 2 is 0.491 bits per heavy atom. The van der Waals surface area contributed by atoms with Gasteiger partial charge in [-0.25, -0.2) is 15.0 Å². The van der Waals surface area contributed by atoms with Gasteiger partial charge in [0.15, 0.2) is 0 Å². The molecule has 0 saturated heterocycles.